The molecular formula is C25H31N3O5. The number of nitrogens with one attached hydrogen (secondary N) is 1. The van der Waals surface area contributed by atoms with Crippen LogP contribution in [0.5, 0.6) is 11.5 Å². The average molecular weight is 454 g/mol. The lowest BCUT2D eigenvalue weighted by atomic mass is 10.0. The Morgan fingerprint density at radius 2 is 1.45 bits per heavy atom. The molecule has 1 heterocycles. The zero-order chi connectivity index (χ0) is 24.0. The van der Waals surface area contributed by atoms with Crippen molar-refractivity contribution in [3.63, 3.8) is 0 Å². The molecule has 8 heteroatoms. The van der Waals surface area contributed by atoms with E-state index >= 15 is 0 Å². The SMILES string of the molecule is COc1cc(OC)cc(C(=O)N2CCN(C(=O)CC(NC(C)=O)c3ccc(C)cc3)CC2)c1. The van der Waals surface area contributed by atoms with E-state index in [2.05, 4.69) is 5.32 Å². The predicted molar refractivity (Wildman–Crippen MR) is 124 cm³/mol. The summed E-state index contributed by atoms with van der Waals surface area (Å²) in [6.45, 7) is 5.17. The second-order valence-electron chi connectivity index (χ2n) is 8.14. The van der Waals surface area contributed by atoms with Crippen molar-refractivity contribution in [1.82, 2.24) is 15.1 Å². The number of benzene rings is 2. The second-order valence-corrected chi connectivity index (χ2v) is 8.14. The van der Waals surface area contributed by atoms with Crippen LogP contribution in [-0.4, -0.2) is 67.9 Å². The van der Waals surface area contributed by atoms with Crippen LogP contribution in [0.1, 0.15) is 40.9 Å². The Bertz CT molecular complexity index is 975. The standard InChI is InChI=1S/C25H31N3O5/c1-17-5-7-19(8-6-17)23(26-18(2)29)16-24(30)27-9-11-28(12-10-27)25(31)20-13-21(32-3)15-22(14-20)33-4/h5-8,13-15,23H,9-12,16H2,1-4H3,(H,26,29). The van der Waals surface area contributed by atoms with Crippen molar-refractivity contribution < 1.29 is 23.9 Å². The van der Waals surface area contributed by atoms with Gasteiger partial charge in [0.05, 0.1) is 26.7 Å². The number of hydrogen-bond acceptors (Lipinski definition) is 5. The van der Waals surface area contributed by atoms with E-state index in [0.29, 0.717) is 43.2 Å². The number of amides is 3. The first-order chi connectivity index (χ1) is 15.8. The fourth-order valence-electron chi connectivity index (χ4n) is 3.87. The Balaban J connectivity index is 1.62. The third-order valence-corrected chi connectivity index (χ3v) is 5.75. The molecule has 3 amide bonds. The van der Waals surface area contributed by atoms with Crippen molar-refractivity contribution in [3.8, 4) is 11.5 Å². The molecule has 3 rings (SSSR count). The maximum absolute atomic E-state index is 13.0. The molecule has 33 heavy (non-hydrogen) atoms. The van der Waals surface area contributed by atoms with Crippen molar-refractivity contribution in [2.45, 2.75) is 26.3 Å². The average Bonchev–Trinajstić information content (AvgIpc) is 2.83. The summed E-state index contributed by atoms with van der Waals surface area (Å²) in [6, 6.07) is 12.5. The smallest absolute Gasteiger partial charge is 0.254 e. The fraction of sp³-hybridized carbons (Fsp3) is 0.400. The van der Waals surface area contributed by atoms with Gasteiger partial charge < -0.3 is 24.6 Å². The van der Waals surface area contributed by atoms with Crippen molar-refractivity contribution in [3.05, 3.63) is 59.2 Å². The highest BCUT2D eigenvalue weighted by Gasteiger charge is 2.27. The van der Waals surface area contributed by atoms with Gasteiger partial charge in [0.15, 0.2) is 0 Å². The van der Waals surface area contributed by atoms with Crippen LogP contribution in [0, 0.1) is 6.92 Å². The van der Waals surface area contributed by atoms with Gasteiger partial charge in [0.1, 0.15) is 11.5 Å². The molecule has 8 nitrogen and oxygen atoms in total. The molecule has 2 aromatic rings. The van der Waals surface area contributed by atoms with Gasteiger partial charge in [-0.25, -0.2) is 0 Å². The van der Waals surface area contributed by atoms with E-state index in [1.807, 2.05) is 31.2 Å². The van der Waals surface area contributed by atoms with E-state index in [1.165, 1.54) is 21.1 Å². The molecule has 0 radical (unpaired) electrons. The molecule has 0 bridgehead atoms. The molecule has 0 spiro atoms. The van der Waals surface area contributed by atoms with Crippen molar-refractivity contribution in [2.75, 3.05) is 40.4 Å². The maximum Gasteiger partial charge on any atom is 0.254 e. The zero-order valence-electron chi connectivity index (χ0n) is 19.6. The second kappa shape index (κ2) is 10.8. The Morgan fingerprint density at radius 1 is 0.909 bits per heavy atom. The van der Waals surface area contributed by atoms with Gasteiger partial charge in [-0.05, 0) is 24.6 Å². The van der Waals surface area contributed by atoms with Gasteiger partial charge >= 0.3 is 0 Å². The molecule has 2 aromatic carbocycles. The molecule has 176 valence electrons. The molecule has 1 atom stereocenters. The molecular weight excluding hydrogens is 422 g/mol. The molecule has 1 fully saturated rings. The Labute approximate surface area is 194 Å². The van der Waals surface area contributed by atoms with Crippen molar-refractivity contribution in [1.29, 1.82) is 0 Å². The first-order valence-electron chi connectivity index (χ1n) is 10.9. The van der Waals surface area contributed by atoms with Crippen LogP contribution in [-0.2, 0) is 9.59 Å². The predicted octanol–water partition coefficient (Wildman–Crippen LogP) is 2.56. The van der Waals surface area contributed by atoms with Crippen LogP contribution in [0.15, 0.2) is 42.5 Å². The minimum Gasteiger partial charge on any atom is -0.497 e. The van der Waals surface area contributed by atoms with E-state index < -0.39 is 0 Å². The number of methoxy groups -OCH3 is 2. The summed E-state index contributed by atoms with van der Waals surface area (Å²) in [4.78, 5) is 41.1. The van der Waals surface area contributed by atoms with Gasteiger partial charge in [-0.2, -0.15) is 0 Å². The summed E-state index contributed by atoms with van der Waals surface area (Å²) >= 11 is 0. The number of ether oxygens (including phenoxy) is 2. The number of aryl methyl sites for hydroxylation is 1. The Morgan fingerprint density at radius 3 is 1.97 bits per heavy atom. The minimum atomic E-state index is -0.389. The highest BCUT2D eigenvalue weighted by molar-refractivity contribution is 5.95. The molecule has 1 aliphatic heterocycles. The van der Waals surface area contributed by atoms with Gasteiger partial charge in [-0.3, -0.25) is 14.4 Å². The van der Waals surface area contributed by atoms with Crippen molar-refractivity contribution in [2.24, 2.45) is 0 Å². The minimum absolute atomic E-state index is 0.0514. The molecule has 1 N–H and O–H groups in total. The maximum atomic E-state index is 13.0. The number of carbonyl (C=O) groups excluding carboxylic acids is 3. The van der Waals surface area contributed by atoms with E-state index in [4.69, 9.17) is 9.47 Å². The molecule has 1 unspecified atom stereocenters. The lowest BCUT2D eigenvalue weighted by Crippen LogP contribution is -2.51. The summed E-state index contributed by atoms with van der Waals surface area (Å²) in [5.41, 5.74) is 2.49. The first kappa shape index (κ1) is 24.1. The van der Waals surface area contributed by atoms with Crippen LogP contribution in [0.2, 0.25) is 0 Å². The van der Waals surface area contributed by atoms with E-state index in [-0.39, 0.29) is 30.2 Å². The lowest BCUT2D eigenvalue weighted by Gasteiger charge is -2.35. The molecule has 1 saturated heterocycles. The largest absolute Gasteiger partial charge is 0.497 e. The Kier molecular flexibility index (Phi) is 7.92. The highest BCUT2D eigenvalue weighted by atomic mass is 16.5. The van der Waals surface area contributed by atoms with Crippen LogP contribution < -0.4 is 14.8 Å². The monoisotopic (exact) mass is 453 g/mol. The zero-order valence-corrected chi connectivity index (χ0v) is 19.6. The van der Waals surface area contributed by atoms with Crippen molar-refractivity contribution >= 4 is 17.7 Å². The number of carbonyl (C=O) groups is 3. The Hall–Kier alpha value is -3.55. The van der Waals surface area contributed by atoms with E-state index in [9.17, 15) is 14.4 Å². The first-order valence-corrected chi connectivity index (χ1v) is 10.9. The van der Waals surface area contributed by atoms with Gasteiger partial charge in [0.25, 0.3) is 5.91 Å². The van der Waals surface area contributed by atoms with Gasteiger partial charge in [-0.1, -0.05) is 29.8 Å². The number of hydrogen-bond donors (Lipinski definition) is 1. The van der Waals surface area contributed by atoms with Crippen LogP contribution in [0.25, 0.3) is 0 Å². The molecule has 0 saturated carbocycles. The van der Waals surface area contributed by atoms with Crippen LogP contribution in [0.3, 0.4) is 0 Å². The third-order valence-electron chi connectivity index (χ3n) is 5.75. The molecule has 0 aliphatic carbocycles. The fourth-order valence-corrected chi connectivity index (χ4v) is 3.87. The van der Waals surface area contributed by atoms with Crippen LogP contribution in [0.4, 0.5) is 0 Å². The van der Waals surface area contributed by atoms with Gasteiger partial charge in [0.2, 0.25) is 11.8 Å². The van der Waals surface area contributed by atoms with Crippen LogP contribution >= 0.6 is 0 Å². The van der Waals surface area contributed by atoms with Gasteiger partial charge in [-0.15, -0.1) is 0 Å². The topological polar surface area (TPSA) is 88.2 Å². The molecule has 1 aliphatic rings. The normalized spacial score (nSPS) is 14.4. The van der Waals surface area contributed by atoms with E-state index in [1.54, 1.807) is 28.0 Å². The van der Waals surface area contributed by atoms with E-state index in [0.717, 1.165) is 11.1 Å². The summed E-state index contributed by atoms with van der Waals surface area (Å²) < 4.78 is 10.5. The van der Waals surface area contributed by atoms with Gasteiger partial charge in [0, 0.05) is 44.7 Å². The highest BCUT2D eigenvalue weighted by Crippen LogP contribution is 2.24. The summed E-state index contributed by atoms with van der Waals surface area (Å²) in [5, 5.41) is 2.88. The lowest BCUT2D eigenvalue weighted by molar-refractivity contribution is -0.133. The number of rotatable bonds is 7. The summed E-state index contributed by atoms with van der Waals surface area (Å²) in [6.07, 6.45) is 0.170. The number of nitrogens with zero attached hydrogens (tertiary/aromatic N) is 2. The third kappa shape index (κ3) is 6.25. The summed E-state index contributed by atoms with van der Waals surface area (Å²) in [5.74, 6) is 0.732. The number of piperazine rings is 1. The molecule has 0 aromatic heterocycles. The summed E-state index contributed by atoms with van der Waals surface area (Å²) in [7, 11) is 3.08. The quantitative estimate of drug-likeness (QED) is 0.696.